The second-order valence-corrected chi connectivity index (χ2v) is 6.55. The number of nitrogens with one attached hydrogen (secondary N) is 2. The number of nitrogens with zero attached hydrogens (tertiary/aromatic N) is 2. The Morgan fingerprint density at radius 1 is 1.04 bits per heavy atom. The highest BCUT2D eigenvalue weighted by Crippen LogP contribution is 2.38. The van der Waals surface area contributed by atoms with Crippen LogP contribution in [-0.4, -0.2) is 38.3 Å². The predicted octanol–water partition coefficient (Wildman–Crippen LogP) is 2.99. The van der Waals surface area contributed by atoms with Gasteiger partial charge in [0, 0.05) is 31.4 Å². The largest absolute Gasteiger partial charge is 0.338 e. The van der Waals surface area contributed by atoms with Gasteiger partial charge in [-0.05, 0) is 55.4 Å². The van der Waals surface area contributed by atoms with Gasteiger partial charge in [0.05, 0.1) is 11.4 Å². The van der Waals surface area contributed by atoms with Crippen LogP contribution >= 0.6 is 0 Å². The zero-order valence-corrected chi connectivity index (χ0v) is 14.2. The van der Waals surface area contributed by atoms with Crippen LogP contribution < -0.4 is 20.4 Å². The van der Waals surface area contributed by atoms with Gasteiger partial charge in [0.25, 0.3) is 0 Å². The third kappa shape index (κ3) is 3.22. The van der Waals surface area contributed by atoms with Crippen LogP contribution in [0.1, 0.15) is 6.42 Å². The molecule has 0 aliphatic carbocycles. The minimum absolute atomic E-state index is 0.113. The molecule has 2 aromatic rings. The number of amides is 2. The second kappa shape index (κ2) is 6.92. The monoisotopic (exact) mass is 358 g/mol. The van der Waals surface area contributed by atoms with Crippen molar-refractivity contribution in [2.75, 3.05) is 36.0 Å². The number of carbonyl (C=O) groups is 1. The lowest BCUT2D eigenvalue weighted by Crippen LogP contribution is -2.50. The van der Waals surface area contributed by atoms with E-state index in [4.69, 9.17) is 0 Å². The topological polar surface area (TPSA) is 47.6 Å². The zero-order valence-electron chi connectivity index (χ0n) is 14.2. The van der Waals surface area contributed by atoms with E-state index in [2.05, 4.69) is 10.6 Å². The van der Waals surface area contributed by atoms with Crippen LogP contribution in [-0.2, 0) is 0 Å². The van der Waals surface area contributed by atoms with E-state index in [1.165, 1.54) is 24.3 Å². The smallest absolute Gasteiger partial charge is 0.322 e. The molecule has 1 atom stereocenters. The van der Waals surface area contributed by atoms with Crippen LogP contribution in [0.15, 0.2) is 42.5 Å². The molecule has 1 saturated heterocycles. The highest BCUT2D eigenvalue weighted by atomic mass is 19.1. The number of rotatable bonds is 2. The van der Waals surface area contributed by atoms with E-state index in [0.29, 0.717) is 24.5 Å². The third-order valence-corrected chi connectivity index (χ3v) is 4.84. The Labute approximate surface area is 150 Å². The Morgan fingerprint density at radius 2 is 1.81 bits per heavy atom. The first-order chi connectivity index (χ1) is 12.6. The average Bonchev–Trinajstić information content (AvgIpc) is 3.14. The van der Waals surface area contributed by atoms with Crippen molar-refractivity contribution in [3.05, 3.63) is 54.1 Å². The van der Waals surface area contributed by atoms with Gasteiger partial charge in [0.1, 0.15) is 11.6 Å². The van der Waals surface area contributed by atoms with Gasteiger partial charge < -0.3 is 15.5 Å². The van der Waals surface area contributed by atoms with Crippen LogP contribution in [0, 0.1) is 11.6 Å². The maximum atomic E-state index is 13.9. The number of benzene rings is 2. The van der Waals surface area contributed by atoms with Crippen LogP contribution in [0.5, 0.6) is 0 Å². The Balaban J connectivity index is 1.64. The lowest BCUT2D eigenvalue weighted by Gasteiger charge is -2.38. The Kier molecular flexibility index (Phi) is 4.46. The van der Waals surface area contributed by atoms with Crippen LogP contribution in [0.2, 0.25) is 0 Å². The maximum Gasteiger partial charge on any atom is 0.322 e. The van der Waals surface area contributed by atoms with Gasteiger partial charge in [-0.25, -0.2) is 13.6 Å². The molecule has 2 N–H and O–H groups in total. The van der Waals surface area contributed by atoms with Gasteiger partial charge in [-0.2, -0.15) is 0 Å². The first-order valence-electron chi connectivity index (χ1n) is 8.73. The Morgan fingerprint density at radius 3 is 2.54 bits per heavy atom. The lowest BCUT2D eigenvalue weighted by atomic mass is 10.1. The minimum atomic E-state index is -0.377. The van der Waals surface area contributed by atoms with Crippen LogP contribution in [0.4, 0.5) is 30.6 Å². The summed E-state index contributed by atoms with van der Waals surface area (Å²) in [7, 11) is 0. The van der Waals surface area contributed by atoms with Crippen LogP contribution in [0.25, 0.3) is 0 Å². The van der Waals surface area contributed by atoms with Crippen molar-refractivity contribution in [2.24, 2.45) is 0 Å². The molecule has 2 heterocycles. The number of urea groups is 1. The summed E-state index contributed by atoms with van der Waals surface area (Å²) in [5.74, 6) is -0.700. The third-order valence-electron chi connectivity index (χ3n) is 4.84. The van der Waals surface area contributed by atoms with Gasteiger partial charge in [0.2, 0.25) is 0 Å². The number of fused-ring (bicyclic) bond motifs is 1. The van der Waals surface area contributed by atoms with Crippen molar-refractivity contribution in [1.29, 1.82) is 0 Å². The molecule has 2 aliphatic rings. The van der Waals surface area contributed by atoms with E-state index in [1.54, 1.807) is 23.1 Å². The number of hydrogen-bond donors (Lipinski definition) is 2. The summed E-state index contributed by atoms with van der Waals surface area (Å²) in [6.07, 6.45) is 0.900. The van der Waals surface area contributed by atoms with Gasteiger partial charge in [0.15, 0.2) is 0 Å². The van der Waals surface area contributed by atoms with Gasteiger partial charge >= 0.3 is 6.03 Å². The molecule has 5 nitrogen and oxygen atoms in total. The molecule has 0 spiro atoms. The summed E-state index contributed by atoms with van der Waals surface area (Å²) in [4.78, 5) is 16.3. The Bertz CT molecular complexity index is 806. The first kappa shape index (κ1) is 16.8. The molecule has 0 aromatic heterocycles. The fourth-order valence-corrected chi connectivity index (χ4v) is 3.51. The first-order valence-corrected chi connectivity index (χ1v) is 8.73. The highest BCUT2D eigenvalue weighted by Gasteiger charge is 2.29. The summed E-state index contributed by atoms with van der Waals surface area (Å²) in [5.41, 5.74) is 2.01. The van der Waals surface area contributed by atoms with Crippen molar-refractivity contribution in [1.82, 2.24) is 10.6 Å². The molecule has 0 saturated carbocycles. The molecule has 26 heavy (non-hydrogen) atoms. The SMILES string of the molecule is O=C(N[C@@H]1CCNC1)N1CCN(c2ccc(F)cc2)c2cc(F)ccc21. The number of anilines is 3. The fraction of sp³-hybridized carbons (Fsp3) is 0.316. The molecule has 2 aliphatic heterocycles. The van der Waals surface area contributed by atoms with E-state index >= 15 is 0 Å². The van der Waals surface area contributed by atoms with Gasteiger partial charge in [-0.1, -0.05) is 0 Å². The molecular weight excluding hydrogens is 338 g/mol. The zero-order chi connectivity index (χ0) is 18.1. The summed E-state index contributed by atoms with van der Waals surface area (Å²) in [5, 5.41) is 6.25. The molecule has 7 heteroatoms. The minimum Gasteiger partial charge on any atom is -0.338 e. The molecule has 136 valence electrons. The predicted molar refractivity (Wildman–Crippen MR) is 97.0 cm³/mol. The summed E-state index contributed by atoms with van der Waals surface area (Å²) in [6, 6.07) is 10.4. The molecule has 0 unspecified atom stereocenters. The van der Waals surface area contributed by atoms with Crippen molar-refractivity contribution in [3.63, 3.8) is 0 Å². The second-order valence-electron chi connectivity index (χ2n) is 6.55. The summed E-state index contributed by atoms with van der Waals surface area (Å²) in [6.45, 7) is 2.61. The molecule has 0 radical (unpaired) electrons. The molecule has 1 fully saturated rings. The number of halogens is 2. The van der Waals surface area contributed by atoms with E-state index in [1.807, 2.05) is 4.90 Å². The van der Waals surface area contributed by atoms with Crippen molar-refractivity contribution >= 4 is 23.1 Å². The number of carbonyl (C=O) groups excluding carboxylic acids is 1. The highest BCUT2D eigenvalue weighted by molar-refractivity contribution is 5.98. The van der Waals surface area contributed by atoms with E-state index in [9.17, 15) is 13.6 Å². The molecule has 4 rings (SSSR count). The van der Waals surface area contributed by atoms with E-state index < -0.39 is 0 Å². The normalized spacial score (nSPS) is 19.4. The number of hydrogen-bond acceptors (Lipinski definition) is 3. The van der Waals surface area contributed by atoms with Crippen LogP contribution in [0.3, 0.4) is 0 Å². The quantitative estimate of drug-likeness (QED) is 0.868. The van der Waals surface area contributed by atoms with Crippen molar-refractivity contribution < 1.29 is 13.6 Å². The fourth-order valence-electron chi connectivity index (χ4n) is 3.51. The molecular formula is C19H20F2N4O. The van der Waals surface area contributed by atoms with E-state index in [-0.39, 0.29) is 23.7 Å². The van der Waals surface area contributed by atoms with Gasteiger partial charge in [-0.3, -0.25) is 4.90 Å². The summed E-state index contributed by atoms with van der Waals surface area (Å²) < 4.78 is 27.1. The molecule has 0 bridgehead atoms. The van der Waals surface area contributed by atoms with E-state index in [0.717, 1.165) is 25.2 Å². The standard InChI is InChI=1S/C19H20F2N4O/c20-13-1-4-16(5-2-13)24-9-10-25(17-6-3-14(21)11-18(17)24)19(26)23-15-7-8-22-12-15/h1-6,11,15,22H,7-10,12H2,(H,23,26)/t15-/m1/s1. The van der Waals surface area contributed by atoms with Crippen molar-refractivity contribution in [2.45, 2.75) is 12.5 Å². The maximum absolute atomic E-state index is 13.9. The summed E-state index contributed by atoms with van der Waals surface area (Å²) >= 11 is 0. The lowest BCUT2D eigenvalue weighted by molar-refractivity contribution is 0.243. The molecule has 2 aromatic carbocycles. The average molecular weight is 358 g/mol. The molecule has 2 amide bonds. The van der Waals surface area contributed by atoms with Gasteiger partial charge in [-0.15, -0.1) is 0 Å². The van der Waals surface area contributed by atoms with Crippen molar-refractivity contribution in [3.8, 4) is 0 Å². The Hall–Kier alpha value is -2.67.